The first-order valence-corrected chi connectivity index (χ1v) is 8.83. The van der Waals surface area contributed by atoms with Crippen LogP contribution in [-0.4, -0.2) is 26.1 Å². The van der Waals surface area contributed by atoms with Crippen LogP contribution in [0.5, 0.6) is 0 Å². The van der Waals surface area contributed by atoms with Crippen LogP contribution in [0.4, 0.5) is 0 Å². The molecule has 1 aromatic rings. The highest BCUT2D eigenvalue weighted by Gasteiger charge is 2.07. The summed E-state index contributed by atoms with van der Waals surface area (Å²) >= 11 is 0. The SMILES string of the molecule is C[SiH](C)N(Cc1ccccc1)N=CCCC=O. The maximum Gasteiger partial charge on any atom is 0.157 e. The van der Waals surface area contributed by atoms with Crippen molar-refractivity contribution in [3.63, 3.8) is 0 Å². The van der Waals surface area contributed by atoms with Gasteiger partial charge < -0.3 is 9.47 Å². The van der Waals surface area contributed by atoms with Crippen molar-refractivity contribution in [1.29, 1.82) is 0 Å². The van der Waals surface area contributed by atoms with Gasteiger partial charge in [0.05, 0.1) is 6.54 Å². The Morgan fingerprint density at radius 2 is 1.94 bits per heavy atom. The van der Waals surface area contributed by atoms with E-state index in [1.807, 2.05) is 24.4 Å². The summed E-state index contributed by atoms with van der Waals surface area (Å²) in [5, 5.41) is 4.47. The first-order chi connectivity index (χ1) is 8.24. The highest BCUT2D eigenvalue weighted by molar-refractivity contribution is 6.52. The summed E-state index contributed by atoms with van der Waals surface area (Å²) in [5.41, 5.74) is 1.28. The molecule has 0 aliphatic rings. The van der Waals surface area contributed by atoms with Gasteiger partial charge in [-0.1, -0.05) is 43.4 Å². The number of benzene rings is 1. The monoisotopic (exact) mass is 248 g/mol. The van der Waals surface area contributed by atoms with Gasteiger partial charge in [-0.05, 0) is 12.0 Å². The average molecular weight is 248 g/mol. The molecule has 0 aliphatic carbocycles. The van der Waals surface area contributed by atoms with Crippen LogP contribution in [0.1, 0.15) is 18.4 Å². The molecule has 0 aliphatic heterocycles. The largest absolute Gasteiger partial charge is 0.324 e. The van der Waals surface area contributed by atoms with Crippen LogP contribution < -0.4 is 0 Å². The molecule has 1 rings (SSSR count). The van der Waals surface area contributed by atoms with Crippen molar-refractivity contribution < 1.29 is 4.79 Å². The van der Waals surface area contributed by atoms with Crippen molar-refractivity contribution in [1.82, 2.24) is 4.67 Å². The highest BCUT2D eigenvalue weighted by atomic mass is 28.3. The zero-order valence-corrected chi connectivity index (χ0v) is 11.7. The van der Waals surface area contributed by atoms with E-state index >= 15 is 0 Å². The summed E-state index contributed by atoms with van der Waals surface area (Å²) in [4.78, 5) is 10.2. The summed E-state index contributed by atoms with van der Waals surface area (Å²) in [7, 11) is -0.960. The van der Waals surface area contributed by atoms with Crippen LogP contribution in [0, 0.1) is 0 Å². The lowest BCUT2D eigenvalue weighted by molar-refractivity contribution is -0.107. The quantitative estimate of drug-likeness (QED) is 0.244. The van der Waals surface area contributed by atoms with Gasteiger partial charge in [0.15, 0.2) is 8.96 Å². The Morgan fingerprint density at radius 1 is 1.24 bits per heavy atom. The molecule has 0 bridgehead atoms. The molecular formula is C13H20N2OSi. The molecule has 0 unspecified atom stereocenters. The first-order valence-electron chi connectivity index (χ1n) is 6.00. The molecule has 0 N–H and O–H groups in total. The van der Waals surface area contributed by atoms with Crippen molar-refractivity contribution in [2.24, 2.45) is 5.10 Å². The molecule has 0 saturated carbocycles. The molecule has 0 spiro atoms. The molecule has 0 saturated heterocycles. The third-order valence-corrected chi connectivity index (χ3v) is 3.94. The number of unbranched alkanes of at least 4 members (excludes halogenated alkanes) is 1. The second kappa shape index (κ2) is 7.79. The molecule has 0 heterocycles. The normalized spacial score (nSPS) is 11.0. The van der Waals surface area contributed by atoms with Crippen molar-refractivity contribution in [3.8, 4) is 0 Å². The summed E-state index contributed by atoms with van der Waals surface area (Å²) < 4.78 is 2.17. The van der Waals surface area contributed by atoms with Gasteiger partial charge in [-0.3, -0.25) is 0 Å². The van der Waals surface area contributed by atoms with Gasteiger partial charge in [-0.15, -0.1) is 0 Å². The number of aldehydes is 1. The Labute approximate surface area is 105 Å². The van der Waals surface area contributed by atoms with Gasteiger partial charge >= 0.3 is 0 Å². The van der Waals surface area contributed by atoms with Crippen LogP contribution in [0.15, 0.2) is 35.4 Å². The number of hydrogen-bond donors (Lipinski definition) is 0. The molecule has 0 radical (unpaired) electrons. The topological polar surface area (TPSA) is 32.7 Å². The van der Waals surface area contributed by atoms with E-state index < -0.39 is 8.96 Å². The first kappa shape index (κ1) is 13.6. The Bertz CT molecular complexity index is 352. The van der Waals surface area contributed by atoms with E-state index in [4.69, 9.17) is 0 Å². The molecule has 92 valence electrons. The summed E-state index contributed by atoms with van der Waals surface area (Å²) in [6.07, 6.45) is 4.07. The van der Waals surface area contributed by atoms with E-state index in [9.17, 15) is 4.79 Å². The minimum absolute atomic E-state index is 0.558. The summed E-state index contributed by atoms with van der Waals surface area (Å²) in [5.74, 6) is 0. The summed E-state index contributed by atoms with van der Waals surface area (Å²) in [6, 6.07) is 10.3. The van der Waals surface area contributed by atoms with Crippen molar-refractivity contribution in [2.45, 2.75) is 32.5 Å². The van der Waals surface area contributed by atoms with Crippen LogP contribution in [0.3, 0.4) is 0 Å². The van der Waals surface area contributed by atoms with Gasteiger partial charge in [0, 0.05) is 12.6 Å². The molecule has 0 atom stereocenters. The number of nitrogens with zero attached hydrogens (tertiary/aromatic N) is 2. The fourth-order valence-electron chi connectivity index (χ4n) is 1.43. The number of hydrazone groups is 1. The van der Waals surface area contributed by atoms with Gasteiger partial charge in [0.25, 0.3) is 0 Å². The summed E-state index contributed by atoms with van der Waals surface area (Å²) in [6.45, 7) is 5.36. The number of hydrogen-bond acceptors (Lipinski definition) is 3. The average Bonchev–Trinajstić information content (AvgIpc) is 2.34. The molecule has 0 fully saturated rings. The third-order valence-electron chi connectivity index (χ3n) is 2.43. The maximum atomic E-state index is 10.2. The lowest BCUT2D eigenvalue weighted by atomic mass is 10.2. The predicted octanol–water partition coefficient (Wildman–Crippen LogP) is 2.44. The van der Waals surface area contributed by atoms with Gasteiger partial charge in [-0.25, -0.2) is 0 Å². The molecule has 17 heavy (non-hydrogen) atoms. The van der Waals surface area contributed by atoms with E-state index in [0.29, 0.717) is 6.42 Å². The van der Waals surface area contributed by atoms with Gasteiger partial charge in [0.1, 0.15) is 6.29 Å². The van der Waals surface area contributed by atoms with Crippen LogP contribution in [0.2, 0.25) is 13.1 Å². The Balaban J connectivity index is 2.54. The van der Waals surface area contributed by atoms with Crippen molar-refractivity contribution in [3.05, 3.63) is 35.9 Å². The van der Waals surface area contributed by atoms with E-state index in [1.165, 1.54) is 5.56 Å². The van der Waals surface area contributed by atoms with Gasteiger partial charge in [-0.2, -0.15) is 5.10 Å². The molecular weight excluding hydrogens is 228 g/mol. The van der Waals surface area contributed by atoms with Crippen LogP contribution >= 0.6 is 0 Å². The fraction of sp³-hybridized carbons (Fsp3) is 0.385. The number of carbonyl (C=O) groups is 1. The second-order valence-corrected chi connectivity index (χ2v) is 7.00. The molecule has 0 aromatic heterocycles. The van der Waals surface area contributed by atoms with E-state index in [0.717, 1.165) is 19.3 Å². The molecule has 1 aromatic carbocycles. The predicted molar refractivity (Wildman–Crippen MR) is 74.7 cm³/mol. The maximum absolute atomic E-state index is 10.2. The van der Waals surface area contributed by atoms with Crippen molar-refractivity contribution >= 4 is 21.5 Å². The Hall–Kier alpha value is -1.42. The lowest BCUT2D eigenvalue weighted by Crippen LogP contribution is -2.29. The standard InChI is InChI=1S/C13H20N2OSi/c1-17(2)15(14-10-6-7-11-16)12-13-8-4-3-5-9-13/h3-5,8-11,17H,6-7,12H2,1-2H3. The van der Waals surface area contributed by atoms with Gasteiger partial charge in [0.2, 0.25) is 0 Å². The zero-order chi connectivity index (χ0) is 12.5. The van der Waals surface area contributed by atoms with Crippen LogP contribution in [-0.2, 0) is 11.3 Å². The molecule has 3 nitrogen and oxygen atoms in total. The lowest BCUT2D eigenvalue weighted by Gasteiger charge is -2.22. The fourth-order valence-corrected chi connectivity index (χ4v) is 2.37. The third kappa shape index (κ3) is 5.45. The van der Waals surface area contributed by atoms with Crippen molar-refractivity contribution in [2.75, 3.05) is 0 Å². The minimum Gasteiger partial charge on any atom is -0.324 e. The van der Waals surface area contributed by atoms with E-state index in [1.54, 1.807) is 0 Å². The molecule has 4 heteroatoms. The van der Waals surface area contributed by atoms with E-state index in [2.05, 4.69) is 35.0 Å². The van der Waals surface area contributed by atoms with E-state index in [-0.39, 0.29) is 0 Å². The smallest absolute Gasteiger partial charge is 0.157 e. The number of rotatable bonds is 7. The minimum atomic E-state index is -0.960. The Morgan fingerprint density at radius 3 is 2.53 bits per heavy atom. The number of carbonyl (C=O) groups excluding carboxylic acids is 1. The van der Waals surface area contributed by atoms with Crippen LogP contribution in [0.25, 0.3) is 0 Å². The molecule has 0 amide bonds. The Kier molecular flexibility index (Phi) is 6.25. The second-order valence-electron chi connectivity index (χ2n) is 4.22. The zero-order valence-electron chi connectivity index (χ0n) is 10.5. The highest BCUT2D eigenvalue weighted by Crippen LogP contribution is 2.06.